The quantitative estimate of drug-likeness (QED) is 0.596. The van der Waals surface area contributed by atoms with Gasteiger partial charge in [-0.1, -0.05) is 71.9 Å². The number of rotatable bonds is 5. The van der Waals surface area contributed by atoms with Crippen molar-refractivity contribution in [3.8, 4) is 0 Å². The third-order valence-corrected chi connectivity index (χ3v) is 4.96. The van der Waals surface area contributed by atoms with Crippen LogP contribution in [0.2, 0.25) is 5.02 Å². The molecule has 0 atom stereocenters. The van der Waals surface area contributed by atoms with Crippen molar-refractivity contribution in [1.29, 1.82) is 0 Å². The molecule has 0 bridgehead atoms. The van der Waals surface area contributed by atoms with E-state index >= 15 is 0 Å². The van der Waals surface area contributed by atoms with Crippen LogP contribution in [0.15, 0.2) is 88.7 Å². The minimum atomic E-state index is -0.263. The summed E-state index contributed by atoms with van der Waals surface area (Å²) in [7, 11) is 0. The van der Waals surface area contributed by atoms with Crippen LogP contribution in [0.5, 0.6) is 0 Å². The summed E-state index contributed by atoms with van der Waals surface area (Å²) in [6.45, 7) is 0.375. The summed E-state index contributed by atoms with van der Waals surface area (Å²) in [5, 5.41) is 6.38. The summed E-state index contributed by atoms with van der Waals surface area (Å²) >= 11 is 7.72. The van der Waals surface area contributed by atoms with Crippen molar-refractivity contribution >= 4 is 35.1 Å². The fraction of sp³-hybridized carbons (Fsp3) is 0.0500. The van der Waals surface area contributed by atoms with Gasteiger partial charge in [-0.3, -0.25) is 0 Å². The number of hydrogen-bond donors (Lipinski definition) is 2. The van der Waals surface area contributed by atoms with Gasteiger partial charge < -0.3 is 10.6 Å². The van der Waals surface area contributed by atoms with Gasteiger partial charge in [0.1, 0.15) is 0 Å². The Balaban J connectivity index is 1.64. The molecule has 2 amide bonds. The first-order valence-electron chi connectivity index (χ1n) is 7.82. The first-order chi connectivity index (χ1) is 12.2. The molecule has 0 aromatic heterocycles. The Bertz CT molecular complexity index is 855. The number of benzene rings is 3. The maximum Gasteiger partial charge on any atom is 0.319 e. The second-order valence-electron chi connectivity index (χ2n) is 5.31. The van der Waals surface area contributed by atoms with Crippen LogP contribution in [-0.4, -0.2) is 6.03 Å². The number of carbonyl (C=O) groups excluding carboxylic acids is 1. The van der Waals surface area contributed by atoms with Crippen LogP contribution in [0.4, 0.5) is 10.5 Å². The smallest absolute Gasteiger partial charge is 0.319 e. The Kier molecular flexibility index (Phi) is 5.99. The van der Waals surface area contributed by atoms with Crippen LogP contribution in [0, 0.1) is 0 Å². The van der Waals surface area contributed by atoms with Gasteiger partial charge in [0.25, 0.3) is 0 Å². The van der Waals surface area contributed by atoms with Crippen molar-refractivity contribution < 1.29 is 4.79 Å². The van der Waals surface area contributed by atoms with E-state index < -0.39 is 0 Å². The molecule has 3 nitrogen and oxygen atoms in total. The molecule has 0 aliphatic rings. The van der Waals surface area contributed by atoms with Crippen LogP contribution in [0.25, 0.3) is 0 Å². The Labute approximate surface area is 156 Å². The fourth-order valence-electron chi connectivity index (χ4n) is 2.26. The molecule has 2 N–H and O–H groups in total. The highest BCUT2D eigenvalue weighted by atomic mass is 35.5. The largest absolute Gasteiger partial charge is 0.334 e. The highest BCUT2D eigenvalue weighted by Gasteiger charge is 2.08. The van der Waals surface area contributed by atoms with E-state index in [9.17, 15) is 4.79 Å². The van der Waals surface area contributed by atoms with Crippen LogP contribution in [0.1, 0.15) is 5.56 Å². The van der Waals surface area contributed by atoms with E-state index in [1.807, 2.05) is 78.9 Å². The fourth-order valence-corrected chi connectivity index (χ4v) is 3.38. The van der Waals surface area contributed by atoms with Crippen molar-refractivity contribution in [2.75, 3.05) is 5.32 Å². The van der Waals surface area contributed by atoms with Crippen LogP contribution in [0.3, 0.4) is 0 Å². The Morgan fingerprint density at radius 2 is 1.56 bits per heavy atom. The van der Waals surface area contributed by atoms with Crippen molar-refractivity contribution in [2.24, 2.45) is 0 Å². The molecule has 0 fully saturated rings. The lowest BCUT2D eigenvalue weighted by Gasteiger charge is -2.12. The Morgan fingerprint density at radius 1 is 0.880 bits per heavy atom. The van der Waals surface area contributed by atoms with Crippen molar-refractivity contribution in [1.82, 2.24) is 5.32 Å². The van der Waals surface area contributed by atoms with Crippen molar-refractivity contribution in [2.45, 2.75) is 16.3 Å². The van der Waals surface area contributed by atoms with Crippen LogP contribution >= 0.6 is 23.4 Å². The van der Waals surface area contributed by atoms with Gasteiger partial charge in [-0.2, -0.15) is 0 Å². The summed E-state index contributed by atoms with van der Waals surface area (Å²) in [6.07, 6.45) is 0. The van der Waals surface area contributed by atoms with E-state index in [4.69, 9.17) is 11.6 Å². The molecular formula is C20H17ClN2OS. The first kappa shape index (κ1) is 17.4. The summed E-state index contributed by atoms with van der Waals surface area (Å²) in [4.78, 5) is 14.3. The number of para-hydroxylation sites is 1. The lowest BCUT2D eigenvalue weighted by Crippen LogP contribution is -2.28. The van der Waals surface area contributed by atoms with E-state index in [-0.39, 0.29) is 6.03 Å². The number of nitrogens with one attached hydrogen (secondary N) is 2. The van der Waals surface area contributed by atoms with E-state index in [0.29, 0.717) is 11.6 Å². The normalized spacial score (nSPS) is 10.3. The van der Waals surface area contributed by atoms with Crippen LogP contribution < -0.4 is 10.6 Å². The van der Waals surface area contributed by atoms with E-state index in [0.717, 1.165) is 21.0 Å². The zero-order chi connectivity index (χ0) is 17.5. The topological polar surface area (TPSA) is 41.1 Å². The number of carbonyl (C=O) groups is 1. The molecule has 3 aromatic carbocycles. The third-order valence-electron chi connectivity index (χ3n) is 3.50. The minimum Gasteiger partial charge on any atom is -0.334 e. The molecule has 25 heavy (non-hydrogen) atoms. The first-order valence-corrected chi connectivity index (χ1v) is 9.02. The predicted molar refractivity (Wildman–Crippen MR) is 104 cm³/mol. The molecule has 5 heteroatoms. The number of halogens is 1. The minimum absolute atomic E-state index is 0.263. The highest BCUT2D eigenvalue weighted by Crippen LogP contribution is 2.33. The van der Waals surface area contributed by atoms with E-state index in [1.54, 1.807) is 11.8 Å². The van der Waals surface area contributed by atoms with E-state index in [2.05, 4.69) is 10.6 Å². The second kappa shape index (κ2) is 8.60. The SMILES string of the molecule is O=C(NCc1ccccc1Cl)Nc1ccccc1Sc1ccccc1. The molecule has 3 aromatic rings. The highest BCUT2D eigenvalue weighted by molar-refractivity contribution is 7.99. The molecule has 126 valence electrons. The summed E-state index contributed by atoms with van der Waals surface area (Å²) in [6, 6.07) is 25.0. The number of anilines is 1. The van der Waals surface area contributed by atoms with Gasteiger partial charge >= 0.3 is 6.03 Å². The third kappa shape index (κ3) is 5.02. The Hall–Kier alpha value is -2.43. The second-order valence-corrected chi connectivity index (χ2v) is 6.83. The zero-order valence-electron chi connectivity index (χ0n) is 13.4. The van der Waals surface area contributed by atoms with E-state index in [1.165, 1.54) is 0 Å². The predicted octanol–water partition coefficient (Wildman–Crippen LogP) is 5.81. The number of urea groups is 1. The summed E-state index contributed by atoms with van der Waals surface area (Å²) in [5.41, 5.74) is 1.65. The zero-order valence-corrected chi connectivity index (χ0v) is 15.0. The van der Waals surface area contributed by atoms with Gasteiger partial charge in [0, 0.05) is 21.4 Å². The van der Waals surface area contributed by atoms with Gasteiger partial charge in [-0.15, -0.1) is 0 Å². The van der Waals surface area contributed by atoms with Gasteiger partial charge in [-0.05, 0) is 35.9 Å². The monoisotopic (exact) mass is 368 g/mol. The molecule has 0 spiro atoms. The Morgan fingerprint density at radius 3 is 2.36 bits per heavy atom. The molecule has 0 heterocycles. The van der Waals surface area contributed by atoms with Gasteiger partial charge in [0.05, 0.1) is 5.69 Å². The molecule has 0 unspecified atom stereocenters. The average Bonchev–Trinajstić information content (AvgIpc) is 2.64. The van der Waals surface area contributed by atoms with Gasteiger partial charge in [0.2, 0.25) is 0 Å². The summed E-state index contributed by atoms with van der Waals surface area (Å²) in [5.74, 6) is 0. The number of hydrogen-bond acceptors (Lipinski definition) is 2. The lowest BCUT2D eigenvalue weighted by molar-refractivity contribution is 0.251. The molecule has 0 saturated carbocycles. The number of amides is 2. The standard InChI is InChI=1S/C20H17ClN2OS/c21-17-11-5-4-8-15(17)14-22-20(24)23-18-12-6-7-13-19(18)25-16-9-2-1-3-10-16/h1-13H,14H2,(H2,22,23,24). The molecule has 0 saturated heterocycles. The maximum absolute atomic E-state index is 12.2. The molecular weight excluding hydrogens is 352 g/mol. The lowest BCUT2D eigenvalue weighted by atomic mass is 10.2. The summed E-state index contributed by atoms with van der Waals surface area (Å²) < 4.78 is 0. The molecule has 3 rings (SSSR count). The molecule has 0 aliphatic carbocycles. The van der Waals surface area contributed by atoms with Crippen LogP contribution in [-0.2, 0) is 6.54 Å². The van der Waals surface area contributed by atoms with Crippen molar-refractivity contribution in [3.05, 3.63) is 89.4 Å². The molecule has 0 aliphatic heterocycles. The average molecular weight is 369 g/mol. The van der Waals surface area contributed by atoms with Gasteiger partial charge in [-0.25, -0.2) is 4.79 Å². The van der Waals surface area contributed by atoms with Gasteiger partial charge in [0.15, 0.2) is 0 Å². The van der Waals surface area contributed by atoms with Crippen molar-refractivity contribution in [3.63, 3.8) is 0 Å². The maximum atomic E-state index is 12.2. The molecule has 0 radical (unpaired) electrons.